The highest BCUT2D eigenvalue weighted by molar-refractivity contribution is 7.11. The molecule has 0 amide bonds. The molecule has 0 saturated carbocycles. The first-order valence-corrected chi connectivity index (χ1v) is 5.87. The van der Waals surface area contributed by atoms with E-state index in [1.54, 1.807) is 11.3 Å². The predicted octanol–water partition coefficient (Wildman–Crippen LogP) is 1.80. The molecule has 1 unspecified atom stereocenters. The average molecular weight is 212 g/mol. The van der Waals surface area contributed by atoms with E-state index in [1.165, 1.54) is 17.0 Å². The van der Waals surface area contributed by atoms with E-state index in [-0.39, 0.29) is 0 Å². The van der Waals surface area contributed by atoms with E-state index in [0.29, 0.717) is 12.5 Å². The lowest BCUT2D eigenvalue weighted by molar-refractivity contribution is 0.0793. The second-order valence-electron chi connectivity index (χ2n) is 3.67. The van der Waals surface area contributed by atoms with Gasteiger partial charge in [0.15, 0.2) is 0 Å². The lowest BCUT2D eigenvalue weighted by Gasteiger charge is -2.20. The Bertz CT molecular complexity index is 305. The zero-order valence-electron chi connectivity index (χ0n) is 8.45. The molecule has 0 radical (unpaired) electrons. The summed E-state index contributed by atoms with van der Waals surface area (Å²) < 4.78 is 5.47. The van der Waals surface area contributed by atoms with Gasteiger partial charge in [0.25, 0.3) is 0 Å². The van der Waals surface area contributed by atoms with Gasteiger partial charge < -0.3 is 10.5 Å². The number of aryl methyl sites for hydroxylation is 1. The van der Waals surface area contributed by atoms with Gasteiger partial charge in [0.2, 0.25) is 0 Å². The second kappa shape index (κ2) is 4.38. The van der Waals surface area contributed by atoms with Crippen molar-refractivity contribution in [2.45, 2.75) is 32.2 Å². The van der Waals surface area contributed by atoms with Crippen LogP contribution < -0.4 is 5.73 Å². The molecule has 1 saturated heterocycles. The minimum absolute atomic E-state index is 0.500. The minimum atomic E-state index is 0.500. The van der Waals surface area contributed by atoms with Crippen LogP contribution in [0.25, 0.3) is 0 Å². The number of hydrogen-bond acceptors (Lipinski definition) is 4. The largest absolute Gasteiger partial charge is 0.381 e. The predicted molar refractivity (Wildman–Crippen MR) is 57.5 cm³/mol. The van der Waals surface area contributed by atoms with Crippen molar-refractivity contribution in [1.29, 1.82) is 0 Å². The summed E-state index contributed by atoms with van der Waals surface area (Å²) in [7, 11) is 0. The van der Waals surface area contributed by atoms with Crippen LogP contribution in [-0.2, 0) is 11.3 Å². The number of thiazole rings is 1. The Morgan fingerprint density at radius 1 is 1.64 bits per heavy atom. The maximum atomic E-state index is 5.58. The van der Waals surface area contributed by atoms with E-state index in [4.69, 9.17) is 10.5 Å². The number of nitrogens with zero attached hydrogens (tertiary/aromatic N) is 1. The first-order chi connectivity index (χ1) is 6.81. The van der Waals surface area contributed by atoms with Crippen molar-refractivity contribution >= 4 is 11.3 Å². The molecular weight excluding hydrogens is 196 g/mol. The molecule has 0 bridgehead atoms. The smallest absolute Gasteiger partial charge is 0.107 e. The van der Waals surface area contributed by atoms with Crippen LogP contribution in [0.5, 0.6) is 0 Å². The number of nitrogens with two attached hydrogens (primary N) is 1. The molecule has 2 heterocycles. The van der Waals surface area contributed by atoms with Crippen LogP contribution in [0.2, 0.25) is 0 Å². The highest BCUT2D eigenvalue weighted by Crippen LogP contribution is 2.30. The number of hydrogen-bond donors (Lipinski definition) is 1. The monoisotopic (exact) mass is 212 g/mol. The quantitative estimate of drug-likeness (QED) is 0.813. The van der Waals surface area contributed by atoms with E-state index in [1.807, 2.05) is 0 Å². The highest BCUT2D eigenvalue weighted by atomic mass is 32.1. The van der Waals surface area contributed by atoms with Crippen LogP contribution in [0, 0.1) is 6.92 Å². The summed E-state index contributed by atoms with van der Waals surface area (Å²) in [5, 5.41) is 1.04. The van der Waals surface area contributed by atoms with Gasteiger partial charge in [0, 0.05) is 23.9 Å². The molecule has 1 atom stereocenters. The maximum Gasteiger partial charge on any atom is 0.107 e. The number of rotatable bonds is 2. The first-order valence-electron chi connectivity index (χ1n) is 5.05. The summed E-state index contributed by atoms with van der Waals surface area (Å²) in [4.78, 5) is 5.87. The number of ether oxygens (including phenoxy) is 1. The Morgan fingerprint density at radius 3 is 3.07 bits per heavy atom. The van der Waals surface area contributed by atoms with Crippen molar-refractivity contribution in [1.82, 2.24) is 4.98 Å². The summed E-state index contributed by atoms with van der Waals surface area (Å²) in [5.41, 5.74) is 6.80. The van der Waals surface area contributed by atoms with Crippen molar-refractivity contribution < 1.29 is 4.74 Å². The fourth-order valence-corrected chi connectivity index (χ4v) is 2.78. The van der Waals surface area contributed by atoms with E-state index >= 15 is 0 Å². The lowest BCUT2D eigenvalue weighted by atomic mass is 9.98. The second-order valence-corrected chi connectivity index (χ2v) is 4.95. The van der Waals surface area contributed by atoms with Gasteiger partial charge in [-0.15, -0.1) is 11.3 Å². The molecule has 1 aromatic rings. The van der Waals surface area contributed by atoms with Crippen molar-refractivity contribution in [2.75, 3.05) is 13.2 Å². The third-order valence-electron chi connectivity index (χ3n) is 2.60. The Morgan fingerprint density at radius 2 is 2.50 bits per heavy atom. The minimum Gasteiger partial charge on any atom is -0.381 e. The topological polar surface area (TPSA) is 48.1 Å². The Labute approximate surface area is 88.3 Å². The zero-order chi connectivity index (χ0) is 9.97. The van der Waals surface area contributed by atoms with Crippen LogP contribution in [0.3, 0.4) is 0 Å². The number of aromatic nitrogens is 1. The van der Waals surface area contributed by atoms with Crippen molar-refractivity contribution in [3.05, 3.63) is 15.6 Å². The maximum absolute atomic E-state index is 5.58. The van der Waals surface area contributed by atoms with Crippen molar-refractivity contribution in [3.63, 3.8) is 0 Å². The van der Waals surface area contributed by atoms with Crippen LogP contribution >= 0.6 is 11.3 Å². The molecule has 78 valence electrons. The molecule has 2 rings (SSSR count). The van der Waals surface area contributed by atoms with E-state index in [0.717, 1.165) is 24.6 Å². The fraction of sp³-hybridized carbons (Fsp3) is 0.700. The van der Waals surface area contributed by atoms with Crippen molar-refractivity contribution in [3.8, 4) is 0 Å². The Hall–Kier alpha value is -0.450. The molecule has 2 N–H and O–H groups in total. The van der Waals surface area contributed by atoms with Crippen LogP contribution in [0.4, 0.5) is 0 Å². The van der Waals surface area contributed by atoms with E-state index in [9.17, 15) is 0 Å². The molecule has 0 aromatic carbocycles. The SMILES string of the molecule is Cc1sc(CN)nc1C1CCCOC1. The van der Waals surface area contributed by atoms with Gasteiger partial charge in [-0.25, -0.2) is 4.98 Å². The van der Waals surface area contributed by atoms with Gasteiger partial charge in [0.1, 0.15) is 5.01 Å². The molecule has 1 fully saturated rings. The van der Waals surface area contributed by atoms with Gasteiger partial charge in [-0.05, 0) is 19.8 Å². The standard InChI is InChI=1S/C10H16N2OS/c1-7-10(12-9(5-11)14-7)8-3-2-4-13-6-8/h8H,2-6,11H2,1H3. The zero-order valence-corrected chi connectivity index (χ0v) is 9.27. The summed E-state index contributed by atoms with van der Waals surface area (Å²) >= 11 is 1.72. The van der Waals surface area contributed by atoms with E-state index in [2.05, 4.69) is 11.9 Å². The van der Waals surface area contributed by atoms with Crippen molar-refractivity contribution in [2.24, 2.45) is 5.73 Å². The lowest BCUT2D eigenvalue weighted by Crippen LogP contribution is -2.16. The van der Waals surface area contributed by atoms with Crippen LogP contribution in [0.15, 0.2) is 0 Å². The molecule has 4 heteroatoms. The van der Waals surface area contributed by atoms with Gasteiger partial charge in [-0.1, -0.05) is 0 Å². The third kappa shape index (κ3) is 1.97. The molecular formula is C10H16N2OS. The molecule has 0 aliphatic carbocycles. The summed E-state index contributed by atoms with van der Waals surface area (Å²) in [6.45, 7) is 4.41. The Balaban J connectivity index is 2.17. The van der Waals surface area contributed by atoms with Crippen LogP contribution in [-0.4, -0.2) is 18.2 Å². The first kappa shape index (κ1) is 10.1. The molecule has 1 aliphatic heterocycles. The summed E-state index contributed by atoms with van der Waals surface area (Å²) in [6.07, 6.45) is 2.36. The molecule has 0 spiro atoms. The van der Waals surface area contributed by atoms with E-state index < -0.39 is 0 Å². The molecule has 14 heavy (non-hydrogen) atoms. The van der Waals surface area contributed by atoms with Gasteiger partial charge in [-0.3, -0.25) is 0 Å². The normalized spacial score (nSPS) is 22.6. The summed E-state index contributed by atoms with van der Waals surface area (Å²) in [6, 6.07) is 0. The highest BCUT2D eigenvalue weighted by Gasteiger charge is 2.21. The Kier molecular flexibility index (Phi) is 3.15. The average Bonchev–Trinajstić information content (AvgIpc) is 2.61. The third-order valence-corrected chi connectivity index (χ3v) is 3.61. The van der Waals surface area contributed by atoms with Crippen LogP contribution in [0.1, 0.15) is 34.3 Å². The van der Waals surface area contributed by atoms with Gasteiger partial charge in [0.05, 0.1) is 12.3 Å². The molecule has 3 nitrogen and oxygen atoms in total. The van der Waals surface area contributed by atoms with Gasteiger partial charge >= 0.3 is 0 Å². The molecule has 1 aliphatic rings. The molecule has 1 aromatic heterocycles. The fourth-order valence-electron chi connectivity index (χ4n) is 1.89. The summed E-state index contributed by atoms with van der Waals surface area (Å²) in [5.74, 6) is 0.500. The van der Waals surface area contributed by atoms with Gasteiger partial charge in [-0.2, -0.15) is 0 Å².